The summed E-state index contributed by atoms with van der Waals surface area (Å²) in [6.07, 6.45) is 11.7. The monoisotopic (exact) mass is 446 g/mol. The lowest BCUT2D eigenvalue weighted by Crippen LogP contribution is -2.53. The first-order chi connectivity index (χ1) is 14.5. The summed E-state index contributed by atoms with van der Waals surface area (Å²) in [5, 5.41) is 4.31. The number of carbonyl (C=O) groups excluding carboxylic acids is 2. The highest BCUT2D eigenvalue weighted by Gasteiger charge is 2.43. The molecule has 0 radical (unpaired) electrons. The van der Waals surface area contributed by atoms with E-state index in [2.05, 4.69) is 5.32 Å². The lowest BCUT2D eigenvalue weighted by Gasteiger charge is -2.44. The van der Waals surface area contributed by atoms with Crippen LogP contribution in [0.2, 0.25) is 5.02 Å². The van der Waals surface area contributed by atoms with Crippen molar-refractivity contribution in [3.8, 4) is 0 Å². The lowest BCUT2D eigenvalue weighted by atomic mass is 9.83. The van der Waals surface area contributed by atoms with Gasteiger partial charge in [0.05, 0.1) is 4.91 Å². The molecule has 3 atom stereocenters. The normalized spacial score (nSPS) is 29.4. The first-order valence-corrected chi connectivity index (χ1v) is 12.5. The number of thioether (sulfide) groups is 1. The Hall–Kier alpha value is -1.46. The maximum atomic E-state index is 13.0. The Morgan fingerprint density at radius 1 is 1.13 bits per heavy atom. The van der Waals surface area contributed by atoms with Crippen LogP contribution in [0.3, 0.4) is 0 Å². The van der Waals surface area contributed by atoms with Gasteiger partial charge in [-0.3, -0.25) is 9.59 Å². The molecule has 30 heavy (non-hydrogen) atoms. The Labute approximate surface area is 188 Å². The fourth-order valence-electron chi connectivity index (χ4n) is 5.01. The summed E-state index contributed by atoms with van der Waals surface area (Å²) in [6.45, 7) is 0. The summed E-state index contributed by atoms with van der Waals surface area (Å²) >= 11 is 7.95. The number of rotatable bonds is 3. The van der Waals surface area contributed by atoms with Gasteiger partial charge >= 0.3 is 0 Å². The predicted octanol–water partition coefficient (Wildman–Crippen LogP) is 5.26. The van der Waals surface area contributed by atoms with Gasteiger partial charge in [-0.05, 0) is 49.8 Å². The second kappa shape index (κ2) is 9.78. The number of halogens is 1. The van der Waals surface area contributed by atoms with Gasteiger partial charge in [-0.1, -0.05) is 55.5 Å². The molecule has 2 saturated carbocycles. The summed E-state index contributed by atoms with van der Waals surface area (Å²) < 4.78 is 0. The SMILES string of the molecule is CN1C(=O)/C(=C/c2ccccc2Cl)SC2CCC(C(=O)NC3CCCCCC3)CC21. The van der Waals surface area contributed by atoms with Crippen LogP contribution in [0, 0.1) is 5.92 Å². The van der Waals surface area contributed by atoms with Crippen LogP contribution in [-0.2, 0) is 9.59 Å². The van der Waals surface area contributed by atoms with E-state index in [0.29, 0.717) is 16.3 Å². The molecule has 6 heteroatoms. The van der Waals surface area contributed by atoms with E-state index in [4.69, 9.17) is 11.6 Å². The van der Waals surface area contributed by atoms with E-state index in [-0.39, 0.29) is 23.8 Å². The summed E-state index contributed by atoms with van der Waals surface area (Å²) in [6, 6.07) is 8.05. The topological polar surface area (TPSA) is 49.4 Å². The minimum absolute atomic E-state index is 0.0134. The van der Waals surface area contributed by atoms with Crippen molar-refractivity contribution in [1.29, 1.82) is 0 Å². The van der Waals surface area contributed by atoms with Crippen molar-refractivity contribution in [2.45, 2.75) is 75.1 Å². The zero-order chi connectivity index (χ0) is 21.1. The Kier molecular flexibility index (Phi) is 7.09. The molecule has 1 aliphatic heterocycles. The maximum absolute atomic E-state index is 13.0. The lowest BCUT2D eigenvalue weighted by molar-refractivity contribution is -0.132. The van der Waals surface area contributed by atoms with Crippen molar-refractivity contribution < 1.29 is 9.59 Å². The third-order valence-electron chi connectivity index (χ3n) is 6.83. The molecular weight excluding hydrogens is 416 g/mol. The second-order valence-corrected chi connectivity index (χ2v) is 10.6. The molecule has 2 aliphatic carbocycles. The van der Waals surface area contributed by atoms with Gasteiger partial charge in [0.2, 0.25) is 5.91 Å². The highest BCUT2D eigenvalue weighted by atomic mass is 35.5. The number of carbonyl (C=O) groups is 2. The maximum Gasteiger partial charge on any atom is 0.260 e. The van der Waals surface area contributed by atoms with Crippen molar-refractivity contribution in [2.24, 2.45) is 5.92 Å². The van der Waals surface area contributed by atoms with Crippen molar-refractivity contribution in [3.05, 3.63) is 39.8 Å². The average Bonchev–Trinajstić information content (AvgIpc) is 3.02. The van der Waals surface area contributed by atoms with Crippen LogP contribution in [-0.4, -0.2) is 41.1 Å². The quantitative estimate of drug-likeness (QED) is 0.508. The van der Waals surface area contributed by atoms with Crippen molar-refractivity contribution >= 4 is 41.3 Å². The molecule has 2 amide bonds. The molecular formula is C24H31ClN2O2S. The number of nitrogens with zero attached hydrogens (tertiary/aromatic N) is 1. The van der Waals surface area contributed by atoms with Gasteiger partial charge < -0.3 is 10.2 Å². The summed E-state index contributed by atoms with van der Waals surface area (Å²) in [4.78, 5) is 28.6. The highest BCUT2D eigenvalue weighted by Crippen LogP contribution is 2.43. The van der Waals surface area contributed by atoms with Crippen LogP contribution in [0.4, 0.5) is 0 Å². The van der Waals surface area contributed by atoms with Crippen molar-refractivity contribution in [3.63, 3.8) is 0 Å². The van der Waals surface area contributed by atoms with E-state index in [0.717, 1.165) is 42.6 Å². The molecule has 0 aromatic heterocycles. The fourth-order valence-corrected chi connectivity index (χ4v) is 6.67. The van der Waals surface area contributed by atoms with Gasteiger partial charge in [0.15, 0.2) is 0 Å². The van der Waals surface area contributed by atoms with Gasteiger partial charge in [0.1, 0.15) is 0 Å². The molecule has 1 aromatic carbocycles. The summed E-state index contributed by atoms with van der Waals surface area (Å²) in [5.74, 6) is 0.244. The number of amides is 2. The predicted molar refractivity (Wildman–Crippen MR) is 124 cm³/mol. The molecule has 1 saturated heterocycles. The van der Waals surface area contributed by atoms with E-state index in [1.165, 1.54) is 25.7 Å². The van der Waals surface area contributed by atoms with Crippen LogP contribution < -0.4 is 5.32 Å². The zero-order valence-corrected chi connectivity index (χ0v) is 19.2. The van der Waals surface area contributed by atoms with E-state index in [1.807, 2.05) is 42.3 Å². The molecule has 4 rings (SSSR count). The highest BCUT2D eigenvalue weighted by molar-refractivity contribution is 8.04. The van der Waals surface area contributed by atoms with Crippen LogP contribution in [0.25, 0.3) is 6.08 Å². The number of hydrogen-bond acceptors (Lipinski definition) is 3. The first-order valence-electron chi connectivity index (χ1n) is 11.2. The smallest absolute Gasteiger partial charge is 0.260 e. The van der Waals surface area contributed by atoms with Gasteiger partial charge in [-0.15, -0.1) is 11.8 Å². The van der Waals surface area contributed by atoms with Crippen LogP contribution >= 0.6 is 23.4 Å². The van der Waals surface area contributed by atoms with Gasteiger partial charge in [0.25, 0.3) is 5.91 Å². The van der Waals surface area contributed by atoms with E-state index < -0.39 is 0 Å². The number of hydrogen-bond donors (Lipinski definition) is 1. The fraction of sp³-hybridized carbons (Fsp3) is 0.583. The number of nitrogens with one attached hydrogen (secondary N) is 1. The molecule has 3 fully saturated rings. The number of benzene rings is 1. The van der Waals surface area contributed by atoms with E-state index in [1.54, 1.807) is 11.8 Å². The van der Waals surface area contributed by atoms with E-state index >= 15 is 0 Å². The first kappa shape index (κ1) is 21.8. The van der Waals surface area contributed by atoms with Gasteiger partial charge in [-0.2, -0.15) is 0 Å². The van der Waals surface area contributed by atoms with E-state index in [9.17, 15) is 9.59 Å². The van der Waals surface area contributed by atoms with Crippen LogP contribution in [0.15, 0.2) is 29.2 Å². The van der Waals surface area contributed by atoms with Crippen LogP contribution in [0.5, 0.6) is 0 Å². The zero-order valence-electron chi connectivity index (χ0n) is 17.6. The third-order valence-corrected chi connectivity index (χ3v) is 8.57. The molecule has 0 spiro atoms. The minimum atomic E-state index is 0.0134. The molecule has 0 bridgehead atoms. The van der Waals surface area contributed by atoms with Crippen LogP contribution in [0.1, 0.15) is 63.4 Å². The Bertz CT molecular complexity index is 819. The Balaban J connectivity index is 1.41. The molecule has 3 unspecified atom stereocenters. The average molecular weight is 447 g/mol. The number of fused-ring (bicyclic) bond motifs is 1. The Morgan fingerprint density at radius 2 is 1.87 bits per heavy atom. The molecule has 4 nitrogen and oxygen atoms in total. The molecule has 1 heterocycles. The molecule has 3 aliphatic rings. The third kappa shape index (κ3) is 4.88. The van der Waals surface area contributed by atoms with Crippen molar-refractivity contribution in [1.82, 2.24) is 10.2 Å². The van der Waals surface area contributed by atoms with Crippen molar-refractivity contribution in [2.75, 3.05) is 7.05 Å². The summed E-state index contributed by atoms with van der Waals surface area (Å²) in [7, 11) is 1.88. The van der Waals surface area contributed by atoms with Gasteiger partial charge in [0, 0.05) is 35.3 Å². The Morgan fingerprint density at radius 3 is 2.60 bits per heavy atom. The minimum Gasteiger partial charge on any atom is -0.353 e. The standard InChI is InChI=1S/C24H31ClN2O2S/c1-27-20-14-17(23(28)26-18-9-4-2-3-5-10-18)12-13-21(20)30-22(24(27)29)15-16-8-6-7-11-19(16)25/h6-8,11,15,17-18,20-21H,2-5,9-10,12-14H2,1H3,(H,26,28)/b22-15-. The van der Waals surface area contributed by atoms with Gasteiger partial charge in [-0.25, -0.2) is 0 Å². The number of likely N-dealkylation sites (N-methyl/N-ethyl adjacent to an activating group) is 1. The second-order valence-electron chi connectivity index (χ2n) is 8.88. The summed E-state index contributed by atoms with van der Waals surface area (Å²) in [5.41, 5.74) is 0.873. The molecule has 1 N–H and O–H groups in total. The molecule has 1 aromatic rings. The molecule has 162 valence electrons. The largest absolute Gasteiger partial charge is 0.353 e.